The quantitative estimate of drug-likeness (QED) is 0.709. The molecule has 4 atom stereocenters. The van der Waals surface area contributed by atoms with Crippen LogP contribution in [-0.2, 0) is 14.3 Å². The standard InChI is InChI=1S/C15H26N2O3S/c1-11-5-3-4-6-12(11)16-14(18)10-17-7-8-21-13(9-17)15(19)20-2/h11-13H,3-10H2,1-2H3,(H,16,18)/p+1/t11-,12+,13-/m0/s1. The van der Waals surface area contributed by atoms with Crippen LogP contribution >= 0.6 is 11.8 Å². The Morgan fingerprint density at radius 1 is 1.33 bits per heavy atom. The van der Waals surface area contributed by atoms with Crippen molar-refractivity contribution in [1.82, 2.24) is 5.32 Å². The Balaban J connectivity index is 1.77. The van der Waals surface area contributed by atoms with Crippen molar-refractivity contribution >= 4 is 23.6 Å². The van der Waals surface area contributed by atoms with Gasteiger partial charge in [0.1, 0.15) is 6.54 Å². The van der Waals surface area contributed by atoms with Crippen molar-refractivity contribution < 1.29 is 19.2 Å². The SMILES string of the molecule is COC(=O)[C@@H]1C[NH+](CC(=O)N[C@@H]2CCCC[C@@H]2C)CCS1. The van der Waals surface area contributed by atoms with E-state index in [0.717, 1.165) is 18.7 Å². The molecule has 120 valence electrons. The molecule has 2 N–H and O–H groups in total. The van der Waals surface area contributed by atoms with Gasteiger partial charge in [0.05, 0.1) is 13.7 Å². The smallest absolute Gasteiger partial charge is 0.324 e. The highest BCUT2D eigenvalue weighted by Gasteiger charge is 2.32. The van der Waals surface area contributed by atoms with Gasteiger partial charge in [0.25, 0.3) is 5.91 Å². The van der Waals surface area contributed by atoms with Gasteiger partial charge in [0.2, 0.25) is 0 Å². The predicted molar refractivity (Wildman–Crippen MR) is 83.4 cm³/mol. The van der Waals surface area contributed by atoms with Gasteiger partial charge in [-0.1, -0.05) is 19.8 Å². The number of thioether (sulfide) groups is 1. The molecule has 0 aromatic rings. The second kappa shape index (κ2) is 8.03. The number of carbonyl (C=O) groups excluding carboxylic acids is 2. The van der Waals surface area contributed by atoms with E-state index in [-0.39, 0.29) is 17.1 Å². The fourth-order valence-electron chi connectivity index (χ4n) is 3.23. The molecule has 6 heteroatoms. The molecule has 0 aromatic carbocycles. The van der Waals surface area contributed by atoms with Gasteiger partial charge in [-0.15, -0.1) is 11.8 Å². The maximum atomic E-state index is 12.2. The van der Waals surface area contributed by atoms with Crippen LogP contribution in [0.15, 0.2) is 0 Å². The average Bonchev–Trinajstić information content (AvgIpc) is 2.49. The Morgan fingerprint density at radius 2 is 2.10 bits per heavy atom. The highest BCUT2D eigenvalue weighted by atomic mass is 32.2. The van der Waals surface area contributed by atoms with Gasteiger partial charge >= 0.3 is 5.97 Å². The molecule has 5 nitrogen and oxygen atoms in total. The van der Waals surface area contributed by atoms with E-state index in [9.17, 15) is 9.59 Å². The van der Waals surface area contributed by atoms with E-state index in [2.05, 4.69) is 12.2 Å². The number of hydrogen-bond donors (Lipinski definition) is 2. The molecular weight excluding hydrogens is 288 g/mol. The molecule has 1 saturated heterocycles. The largest absolute Gasteiger partial charge is 0.468 e. The van der Waals surface area contributed by atoms with Crippen LogP contribution in [0.2, 0.25) is 0 Å². The molecule has 1 saturated carbocycles. The molecule has 1 unspecified atom stereocenters. The Kier molecular flexibility index (Phi) is 6.36. The molecule has 2 aliphatic rings. The fourth-order valence-corrected chi connectivity index (χ4v) is 4.50. The first-order valence-electron chi connectivity index (χ1n) is 7.92. The molecule has 0 radical (unpaired) electrons. The summed E-state index contributed by atoms with van der Waals surface area (Å²) < 4.78 is 4.80. The van der Waals surface area contributed by atoms with Gasteiger partial charge in [-0.2, -0.15) is 0 Å². The minimum atomic E-state index is -0.168. The summed E-state index contributed by atoms with van der Waals surface area (Å²) in [6.45, 7) is 4.32. The van der Waals surface area contributed by atoms with Crippen molar-refractivity contribution in [3.63, 3.8) is 0 Å². The topological polar surface area (TPSA) is 59.8 Å². The summed E-state index contributed by atoms with van der Waals surface area (Å²) in [6, 6.07) is 0.334. The van der Waals surface area contributed by atoms with Crippen molar-refractivity contribution in [2.45, 2.75) is 43.9 Å². The first-order valence-corrected chi connectivity index (χ1v) is 8.97. The maximum absolute atomic E-state index is 12.2. The summed E-state index contributed by atoms with van der Waals surface area (Å²) in [5.74, 6) is 1.44. The van der Waals surface area contributed by atoms with Crippen LogP contribution in [0.5, 0.6) is 0 Å². The van der Waals surface area contributed by atoms with E-state index in [1.807, 2.05) is 0 Å². The number of nitrogens with one attached hydrogen (secondary N) is 2. The van der Waals surface area contributed by atoms with Gasteiger partial charge < -0.3 is 15.0 Å². The average molecular weight is 315 g/mol. The van der Waals surface area contributed by atoms with E-state index in [0.29, 0.717) is 25.0 Å². The van der Waals surface area contributed by atoms with E-state index >= 15 is 0 Å². The van der Waals surface area contributed by atoms with Gasteiger partial charge in [0.15, 0.2) is 11.8 Å². The highest BCUT2D eigenvalue weighted by molar-refractivity contribution is 8.00. The number of quaternary nitrogens is 1. The fraction of sp³-hybridized carbons (Fsp3) is 0.867. The molecule has 0 spiro atoms. The first-order chi connectivity index (χ1) is 10.1. The maximum Gasteiger partial charge on any atom is 0.324 e. The molecule has 2 fully saturated rings. The second-order valence-electron chi connectivity index (χ2n) is 6.20. The minimum Gasteiger partial charge on any atom is -0.468 e. The molecule has 1 heterocycles. The van der Waals surface area contributed by atoms with Crippen LogP contribution in [0.1, 0.15) is 32.6 Å². The normalized spacial score (nSPS) is 33.2. The van der Waals surface area contributed by atoms with Gasteiger partial charge in [-0.3, -0.25) is 9.59 Å². The van der Waals surface area contributed by atoms with Crippen molar-refractivity contribution in [2.75, 3.05) is 32.5 Å². The summed E-state index contributed by atoms with van der Waals surface area (Å²) in [5, 5.41) is 3.07. The summed E-state index contributed by atoms with van der Waals surface area (Å²) in [7, 11) is 1.42. The third-order valence-corrected chi connectivity index (χ3v) is 5.78. The van der Waals surface area contributed by atoms with Gasteiger partial charge in [-0.05, 0) is 18.8 Å². The van der Waals surface area contributed by atoms with Crippen LogP contribution in [0, 0.1) is 5.92 Å². The predicted octanol–water partition coefficient (Wildman–Crippen LogP) is -0.145. The molecule has 2 rings (SSSR count). The Labute approximate surface area is 131 Å². The lowest BCUT2D eigenvalue weighted by Gasteiger charge is -2.31. The van der Waals surface area contributed by atoms with E-state index in [1.165, 1.54) is 31.3 Å². The third kappa shape index (κ3) is 4.88. The molecular formula is C15H27N2O3S+. The second-order valence-corrected chi connectivity index (χ2v) is 7.51. The van der Waals surface area contributed by atoms with Crippen molar-refractivity contribution in [3.8, 4) is 0 Å². The zero-order valence-corrected chi connectivity index (χ0v) is 13.8. The first kappa shape index (κ1) is 16.6. The number of amides is 1. The van der Waals surface area contributed by atoms with E-state index in [4.69, 9.17) is 4.74 Å². The van der Waals surface area contributed by atoms with E-state index in [1.54, 1.807) is 11.8 Å². The summed E-state index contributed by atoms with van der Waals surface area (Å²) in [5.41, 5.74) is 0. The number of carbonyl (C=O) groups is 2. The summed E-state index contributed by atoms with van der Waals surface area (Å²) >= 11 is 1.64. The highest BCUT2D eigenvalue weighted by Crippen LogP contribution is 2.23. The lowest BCUT2D eigenvalue weighted by Crippen LogP contribution is -3.15. The molecule has 21 heavy (non-hydrogen) atoms. The number of hydrogen-bond acceptors (Lipinski definition) is 4. The van der Waals surface area contributed by atoms with Crippen molar-refractivity contribution in [1.29, 1.82) is 0 Å². The van der Waals surface area contributed by atoms with Crippen LogP contribution in [-0.4, -0.2) is 55.7 Å². The van der Waals surface area contributed by atoms with Crippen LogP contribution in [0.25, 0.3) is 0 Å². The Morgan fingerprint density at radius 3 is 2.81 bits per heavy atom. The third-order valence-electron chi connectivity index (χ3n) is 4.58. The monoisotopic (exact) mass is 315 g/mol. The van der Waals surface area contributed by atoms with Crippen molar-refractivity contribution in [3.05, 3.63) is 0 Å². The molecule has 0 aromatic heterocycles. The Bertz CT molecular complexity index is 378. The summed E-state index contributed by atoms with van der Waals surface area (Å²) in [6.07, 6.45) is 4.81. The number of esters is 1. The number of rotatable bonds is 4. The lowest BCUT2D eigenvalue weighted by atomic mass is 9.86. The number of methoxy groups -OCH3 is 1. The van der Waals surface area contributed by atoms with Gasteiger partial charge in [0, 0.05) is 11.8 Å². The molecule has 0 bridgehead atoms. The summed E-state index contributed by atoms with van der Waals surface area (Å²) in [4.78, 5) is 25.0. The lowest BCUT2D eigenvalue weighted by molar-refractivity contribution is -0.889. The zero-order valence-electron chi connectivity index (χ0n) is 13.0. The zero-order chi connectivity index (χ0) is 15.2. The van der Waals surface area contributed by atoms with E-state index < -0.39 is 0 Å². The van der Waals surface area contributed by atoms with Crippen LogP contribution in [0.3, 0.4) is 0 Å². The Hall–Kier alpha value is -0.750. The molecule has 1 aliphatic heterocycles. The number of ether oxygens (including phenoxy) is 1. The van der Waals surface area contributed by atoms with Crippen molar-refractivity contribution in [2.24, 2.45) is 5.92 Å². The minimum absolute atomic E-state index is 0.124. The van der Waals surface area contributed by atoms with Crippen LogP contribution in [0.4, 0.5) is 0 Å². The molecule has 1 amide bonds. The van der Waals surface area contributed by atoms with Gasteiger partial charge in [-0.25, -0.2) is 0 Å². The van der Waals surface area contributed by atoms with Crippen LogP contribution < -0.4 is 10.2 Å². The molecule has 1 aliphatic carbocycles.